The van der Waals surface area contributed by atoms with Crippen molar-refractivity contribution in [1.82, 2.24) is 13.0 Å². The fourth-order valence-electron chi connectivity index (χ4n) is 4.04. The van der Waals surface area contributed by atoms with Gasteiger partial charge in [-0.1, -0.05) is 30.3 Å². The lowest BCUT2D eigenvalue weighted by atomic mass is 9.99. The minimum atomic E-state index is -4.58. The summed E-state index contributed by atoms with van der Waals surface area (Å²) in [4.78, 5) is -0.627. The van der Waals surface area contributed by atoms with Gasteiger partial charge in [-0.15, -0.1) is 0 Å². The summed E-state index contributed by atoms with van der Waals surface area (Å²) in [6.07, 6.45) is 1.87. The van der Waals surface area contributed by atoms with Gasteiger partial charge in [-0.25, -0.2) is 38.3 Å². The Kier molecular flexibility index (Phi) is 6.59. The Morgan fingerprint density at radius 2 is 1.53 bits per heavy atom. The molecule has 0 radical (unpaired) electrons. The van der Waals surface area contributed by atoms with Gasteiger partial charge >= 0.3 is 0 Å². The van der Waals surface area contributed by atoms with Crippen molar-refractivity contribution in [1.29, 1.82) is 0 Å². The van der Waals surface area contributed by atoms with Gasteiger partial charge in [0.25, 0.3) is 20.0 Å². The number of hydrogen-bond acceptors (Lipinski definition) is 6. The van der Waals surface area contributed by atoms with E-state index in [2.05, 4.69) is 4.72 Å². The first-order valence-electron chi connectivity index (χ1n) is 10.5. The molecule has 34 heavy (non-hydrogen) atoms. The van der Waals surface area contributed by atoms with Crippen molar-refractivity contribution in [2.45, 2.75) is 22.8 Å². The second kappa shape index (κ2) is 9.04. The molecule has 2 heterocycles. The zero-order valence-corrected chi connectivity index (χ0v) is 20.7. The number of benzene rings is 2. The summed E-state index contributed by atoms with van der Waals surface area (Å²) in [6, 6.07) is 12.4. The quantitative estimate of drug-likeness (QED) is 0.499. The summed E-state index contributed by atoms with van der Waals surface area (Å²) < 4.78 is 95.6. The Balaban J connectivity index is 1.74. The second-order valence-corrected chi connectivity index (χ2v) is 13.7. The highest BCUT2D eigenvalue weighted by molar-refractivity contribution is 7.92. The zero-order chi connectivity index (χ0) is 24.7. The molecule has 0 unspecified atom stereocenters. The van der Waals surface area contributed by atoms with Crippen LogP contribution in [-0.4, -0.2) is 59.4 Å². The van der Waals surface area contributed by atoms with E-state index in [-0.39, 0.29) is 31.1 Å². The maximum Gasteiger partial charge on any atom is 0.272 e. The molecule has 0 saturated carbocycles. The Morgan fingerprint density at radius 3 is 2.18 bits per heavy atom. The molecule has 0 amide bonds. The third-order valence-corrected chi connectivity index (χ3v) is 10.2. The van der Waals surface area contributed by atoms with Crippen LogP contribution in [-0.2, 0) is 30.1 Å². The van der Waals surface area contributed by atoms with E-state index in [1.54, 1.807) is 18.2 Å². The van der Waals surface area contributed by atoms with E-state index in [1.807, 2.05) is 0 Å². The summed E-state index contributed by atoms with van der Waals surface area (Å²) >= 11 is 0. The van der Waals surface area contributed by atoms with Crippen LogP contribution in [0.5, 0.6) is 0 Å². The third-order valence-electron chi connectivity index (χ3n) is 5.80. The smallest absolute Gasteiger partial charge is 0.221 e. The van der Waals surface area contributed by atoms with Crippen LogP contribution in [0.25, 0.3) is 10.9 Å². The number of fused-ring (bicyclic) bond motifs is 1. The lowest BCUT2D eigenvalue weighted by Gasteiger charge is -2.31. The van der Waals surface area contributed by atoms with Gasteiger partial charge in [0.1, 0.15) is 10.7 Å². The van der Waals surface area contributed by atoms with Gasteiger partial charge in [0, 0.05) is 25.0 Å². The summed E-state index contributed by atoms with van der Waals surface area (Å²) in [5, 5.41) is -0.0853. The van der Waals surface area contributed by atoms with Crippen LogP contribution in [0.15, 0.2) is 64.5 Å². The Hall–Kier alpha value is -2.32. The molecule has 0 aliphatic carbocycles. The molecular weight excluding hydrogens is 505 g/mol. The predicted molar refractivity (Wildman–Crippen MR) is 125 cm³/mol. The average molecular weight is 530 g/mol. The topological polar surface area (TPSA) is 123 Å². The summed E-state index contributed by atoms with van der Waals surface area (Å²) in [5.41, 5.74) is 0.122. The molecule has 2 aromatic carbocycles. The molecule has 1 fully saturated rings. The van der Waals surface area contributed by atoms with Crippen LogP contribution in [0.3, 0.4) is 0 Å². The van der Waals surface area contributed by atoms with Gasteiger partial charge < -0.3 is 0 Å². The molecule has 13 heteroatoms. The highest BCUT2D eigenvalue weighted by Crippen LogP contribution is 2.32. The molecule has 1 aliphatic heterocycles. The predicted octanol–water partition coefficient (Wildman–Crippen LogP) is 1.97. The number of halogens is 1. The first kappa shape index (κ1) is 24.8. The van der Waals surface area contributed by atoms with E-state index in [1.165, 1.54) is 28.6 Å². The number of para-hydroxylation sites is 1. The SMILES string of the molecule is CS(=O)(=O)NCC1CCN(S(=O)(=O)c2cc3ccccc3n2S(=O)(=O)c2ccccc2F)CC1. The van der Waals surface area contributed by atoms with Crippen molar-refractivity contribution >= 4 is 41.0 Å². The van der Waals surface area contributed by atoms with Crippen LogP contribution in [0.4, 0.5) is 4.39 Å². The molecule has 1 N–H and O–H groups in total. The van der Waals surface area contributed by atoms with Crippen LogP contribution in [0, 0.1) is 11.7 Å². The number of nitrogens with one attached hydrogen (secondary N) is 1. The molecule has 9 nitrogen and oxygen atoms in total. The number of hydrogen-bond donors (Lipinski definition) is 1. The standard InChI is InChI=1S/C21H24FN3O6S3/c1-32(26,27)23-15-16-10-12-24(13-11-16)34(30,31)21-14-17-6-2-4-8-19(17)25(21)33(28,29)20-9-5-3-7-18(20)22/h2-9,14,16,23H,10-13,15H2,1H3. The normalized spacial score (nSPS) is 16.8. The molecule has 0 spiro atoms. The summed E-state index contributed by atoms with van der Waals surface area (Å²) in [6.45, 7) is 0.397. The monoisotopic (exact) mass is 529 g/mol. The molecular formula is C21H24FN3O6S3. The number of nitrogens with zero attached hydrogens (tertiary/aromatic N) is 2. The average Bonchev–Trinajstić information content (AvgIpc) is 3.19. The maximum atomic E-state index is 14.5. The first-order valence-corrected chi connectivity index (χ1v) is 15.2. The largest absolute Gasteiger partial charge is 0.272 e. The van der Waals surface area contributed by atoms with Crippen molar-refractivity contribution < 1.29 is 29.6 Å². The number of rotatable bonds is 7. The van der Waals surface area contributed by atoms with Crippen LogP contribution >= 0.6 is 0 Å². The molecule has 1 saturated heterocycles. The lowest BCUT2D eigenvalue weighted by Crippen LogP contribution is -2.42. The van der Waals surface area contributed by atoms with Crippen LogP contribution < -0.4 is 4.72 Å². The summed E-state index contributed by atoms with van der Waals surface area (Å²) in [7, 11) is -12.2. The number of aromatic nitrogens is 1. The highest BCUT2D eigenvalue weighted by atomic mass is 32.2. The van der Waals surface area contributed by atoms with E-state index in [9.17, 15) is 29.6 Å². The van der Waals surface area contributed by atoms with E-state index >= 15 is 0 Å². The molecule has 0 bridgehead atoms. The van der Waals surface area contributed by atoms with Gasteiger partial charge in [0.2, 0.25) is 10.0 Å². The van der Waals surface area contributed by atoms with E-state index in [0.29, 0.717) is 22.2 Å². The lowest BCUT2D eigenvalue weighted by molar-refractivity contribution is 0.273. The minimum Gasteiger partial charge on any atom is -0.221 e. The van der Waals surface area contributed by atoms with Crippen molar-refractivity contribution in [3.63, 3.8) is 0 Å². The van der Waals surface area contributed by atoms with Crippen LogP contribution in [0.2, 0.25) is 0 Å². The number of sulfonamides is 2. The van der Waals surface area contributed by atoms with E-state index in [0.717, 1.165) is 18.4 Å². The first-order chi connectivity index (χ1) is 15.9. The third kappa shape index (κ3) is 4.75. The van der Waals surface area contributed by atoms with E-state index in [4.69, 9.17) is 0 Å². The fraction of sp³-hybridized carbons (Fsp3) is 0.333. The Bertz CT molecular complexity index is 1540. The van der Waals surface area contributed by atoms with Crippen molar-refractivity contribution in [3.05, 3.63) is 60.4 Å². The van der Waals surface area contributed by atoms with E-state index < -0.39 is 45.8 Å². The van der Waals surface area contributed by atoms with Crippen molar-refractivity contribution in [3.8, 4) is 0 Å². The molecule has 1 aliphatic rings. The summed E-state index contributed by atoms with van der Waals surface area (Å²) in [5.74, 6) is -1.03. The zero-order valence-electron chi connectivity index (χ0n) is 18.3. The molecule has 4 rings (SSSR count). The van der Waals surface area contributed by atoms with Gasteiger partial charge in [-0.2, -0.15) is 4.31 Å². The van der Waals surface area contributed by atoms with Crippen molar-refractivity contribution in [2.75, 3.05) is 25.9 Å². The highest BCUT2D eigenvalue weighted by Gasteiger charge is 2.36. The van der Waals surface area contributed by atoms with Gasteiger partial charge in [0.05, 0.1) is 11.8 Å². The van der Waals surface area contributed by atoms with Crippen LogP contribution in [0.1, 0.15) is 12.8 Å². The minimum absolute atomic E-state index is 0.0471. The maximum absolute atomic E-state index is 14.5. The Labute approximate surface area is 198 Å². The van der Waals surface area contributed by atoms with Gasteiger partial charge in [0.15, 0.2) is 5.03 Å². The molecule has 1 aromatic heterocycles. The second-order valence-electron chi connectivity index (χ2n) is 8.21. The number of piperidine rings is 1. The molecule has 184 valence electrons. The van der Waals surface area contributed by atoms with Gasteiger partial charge in [-0.3, -0.25) is 0 Å². The molecule has 3 aromatic rings. The van der Waals surface area contributed by atoms with Crippen molar-refractivity contribution in [2.24, 2.45) is 5.92 Å². The van der Waals surface area contributed by atoms with Gasteiger partial charge in [-0.05, 0) is 43.0 Å². The fourth-order valence-corrected chi connectivity index (χ4v) is 8.17. The Morgan fingerprint density at radius 1 is 0.912 bits per heavy atom. The molecule has 0 atom stereocenters.